The van der Waals surface area contributed by atoms with Gasteiger partial charge in [0.1, 0.15) is 11.8 Å². The van der Waals surface area contributed by atoms with Gasteiger partial charge < -0.3 is 9.72 Å². The van der Waals surface area contributed by atoms with Crippen LogP contribution < -0.4 is 0 Å². The first-order valence-corrected chi connectivity index (χ1v) is 7.99. The van der Waals surface area contributed by atoms with Gasteiger partial charge in [0.2, 0.25) is 0 Å². The van der Waals surface area contributed by atoms with Crippen LogP contribution in [0.2, 0.25) is 0 Å². The molecule has 0 aliphatic rings. The van der Waals surface area contributed by atoms with Crippen LogP contribution in [0.15, 0.2) is 28.7 Å². The number of aromatic nitrogens is 1. The highest BCUT2D eigenvalue weighted by Gasteiger charge is 2.23. The number of nitrogens with zero attached hydrogens (tertiary/aromatic N) is 1. The first-order valence-electron chi connectivity index (χ1n) is 7.20. The van der Waals surface area contributed by atoms with E-state index in [0.29, 0.717) is 29.8 Å². The Labute approximate surface area is 138 Å². The van der Waals surface area contributed by atoms with Crippen molar-refractivity contribution in [1.29, 1.82) is 5.26 Å². The Hall–Kier alpha value is -2.06. The molecule has 1 heterocycles. The van der Waals surface area contributed by atoms with Crippen LogP contribution in [0.1, 0.15) is 42.0 Å². The molecule has 0 saturated carbocycles. The van der Waals surface area contributed by atoms with Crippen LogP contribution in [0.5, 0.6) is 0 Å². The molecule has 5 heteroatoms. The van der Waals surface area contributed by atoms with E-state index < -0.39 is 5.97 Å². The molecule has 0 saturated heterocycles. The summed E-state index contributed by atoms with van der Waals surface area (Å²) in [7, 11) is 0. The number of halogens is 1. The summed E-state index contributed by atoms with van der Waals surface area (Å²) in [5.41, 5.74) is 3.10. The Kier molecular flexibility index (Phi) is 5.40. The SMILES string of the molecule is CCCc1[nH]c(C(=O)OCC)c(-c2ccc(Br)cc2)c1C#N. The first-order chi connectivity index (χ1) is 10.6. The number of hydrogen-bond donors (Lipinski definition) is 1. The zero-order valence-corrected chi connectivity index (χ0v) is 14.2. The van der Waals surface area contributed by atoms with Crippen LogP contribution in [0.4, 0.5) is 0 Å². The van der Waals surface area contributed by atoms with Gasteiger partial charge in [-0.15, -0.1) is 0 Å². The molecule has 0 amide bonds. The largest absolute Gasteiger partial charge is 0.461 e. The van der Waals surface area contributed by atoms with Crippen molar-refractivity contribution >= 4 is 21.9 Å². The number of carbonyl (C=O) groups is 1. The first kappa shape index (κ1) is 16.3. The molecule has 0 bridgehead atoms. The Balaban J connectivity index is 2.64. The van der Waals surface area contributed by atoms with Gasteiger partial charge in [-0.3, -0.25) is 0 Å². The molecule has 0 aliphatic heterocycles. The lowest BCUT2D eigenvalue weighted by atomic mass is 10.00. The Morgan fingerprint density at radius 3 is 2.55 bits per heavy atom. The number of aryl methyl sites for hydroxylation is 1. The number of nitriles is 1. The quantitative estimate of drug-likeness (QED) is 0.801. The topological polar surface area (TPSA) is 65.9 Å². The van der Waals surface area contributed by atoms with Crippen molar-refractivity contribution in [3.63, 3.8) is 0 Å². The number of rotatable bonds is 5. The fourth-order valence-electron chi connectivity index (χ4n) is 2.37. The smallest absolute Gasteiger partial charge is 0.355 e. The van der Waals surface area contributed by atoms with E-state index in [2.05, 4.69) is 27.0 Å². The van der Waals surface area contributed by atoms with Crippen LogP contribution in [-0.2, 0) is 11.2 Å². The van der Waals surface area contributed by atoms with E-state index in [1.54, 1.807) is 6.92 Å². The van der Waals surface area contributed by atoms with Crippen molar-refractivity contribution in [3.8, 4) is 17.2 Å². The molecule has 2 rings (SSSR count). The van der Waals surface area contributed by atoms with Crippen molar-refractivity contribution in [2.24, 2.45) is 0 Å². The summed E-state index contributed by atoms with van der Waals surface area (Å²) in [4.78, 5) is 15.3. The second kappa shape index (κ2) is 7.28. The van der Waals surface area contributed by atoms with Crippen LogP contribution in [-0.4, -0.2) is 17.6 Å². The molecular formula is C17H17BrN2O2. The normalized spacial score (nSPS) is 10.3. The second-order valence-electron chi connectivity index (χ2n) is 4.82. The third kappa shape index (κ3) is 3.23. The molecule has 114 valence electrons. The molecule has 0 spiro atoms. The number of nitrogens with one attached hydrogen (secondary N) is 1. The highest BCUT2D eigenvalue weighted by Crippen LogP contribution is 2.32. The van der Waals surface area contributed by atoms with Gasteiger partial charge in [0.05, 0.1) is 12.2 Å². The van der Waals surface area contributed by atoms with Crippen molar-refractivity contribution in [2.75, 3.05) is 6.61 Å². The molecular weight excluding hydrogens is 344 g/mol. The van der Waals surface area contributed by atoms with E-state index >= 15 is 0 Å². The molecule has 2 aromatic rings. The molecule has 0 unspecified atom stereocenters. The Morgan fingerprint density at radius 1 is 1.32 bits per heavy atom. The summed E-state index contributed by atoms with van der Waals surface area (Å²) in [5.74, 6) is -0.431. The third-order valence-corrected chi connectivity index (χ3v) is 3.83. The van der Waals surface area contributed by atoms with Gasteiger partial charge in [0.25, 0.3) is 0 Å². The zero-order chi connectivity index (χ0) is 16.1. The lowest BCUT2D eigenvalue weighted by molar-refractivity contribution is 0.0521. The van der Waals surface area contributed by atoms with Gasteiger partial charge in [-0.2, -0.15) is 5.26 Å². The Morgan fingerprint density at radius 2 is 2.00 bits per heavy atom. The molecule has 1 N–H and O–H groups in total. The van der Waals surface area contributed by atoms with Crippen LogP contribution >= 0.6 is 15.9 Å². The van der Waals surface area contributed by atoms with Crippen molar-refractivity contribution < 1.29 is 9.53 Å². The molecule has 0 aliphatic carbocycles. The van der Waals surface area contributed by atoms with E-state index in [4.69, 9.17) is 4.74 Å². The minimum Gasteiger partial charge on any atom is -0.461 e. The van der Waals surface area contributed by atoms with E-state index in [-0.39, 0.29) is 0 Å². The van der Waals surface area contributed by atoms with Gasteiger partial charge in [0.15, 0.2) is 0 Å². The van der Waals surface area contributed by atoms with Crippen molar-refractivity contribution in [1.82, 2.24) is 4.98 Å². The fourth-order valence-corrected chi connectivity index (χ4v) is 2.64. The number of carbonyl (C=O) groups excluding carboxylic acids is 1. The highest BCUT2D eigenvalue weighted by atomic mass is 79.9. The van der Waals surface area contributed by atoms with Gasteiger partial charge in [-0.05, 0) is 31.0 Å². The zero-order valence-electron chi connectivity index (χ0n) is 12.6. The van der Waals surface area contributed by atoms with E-state index in [9.17, 15) is 10.1 Å². The lowest BCUT2D eigenvalue weighted by Crippen LogP contribution is -2.06. The number of aromatic amines is 1. The van der Waals surface area contributed by atoms with Gasteiger partial charge >= 0.3 is 5.97 Å². The summed E-state index contributed by atoms with van der Waals surface area (Å²) >= 11 is 3.39. The molecule has 0 radical (unpaired) electrons. The van der Waals surface area contributed by atoms with Gasteiger partial charge in [-0.1, -0.05) is 41.4 Å². The Bertz CT molecular complexity index is 711. The summed E-state index contributed by atoms with van der Waals surface area (Å²) in [6.07, 6.45) is 1.60. The number of esters is 1. The van der Waals surface area contributed by atoms with Gasteiger partial charge in [0, 0.05) is 15.7 Å². The molecule has 0 fully saturated rings. The van der Waals surface area contributed by atoms with E-state index in [0.717, 1.165) is 22.2 Å². The number of H-pyrrole nitrogens is 1. The predicted octanol–water partition coefficient (Wildman–Crippen LogP) is 4.45. The second-order valence-corrected chi connectivity index (χ2v) is 5.73. The molecule has 1 aromatic heterocycles. The maximum absolute atomic E-state index is 12.2. The molecule has 1 aromatic carbocycles. The molecule has 0 atom stereocenters. The lowest BCUT2D eigenvalue weighted by Gasteiger charge is -2.05. The number of hydrogen-bond acceptors (Lipinski definition) is 3. The predicted molar refractivity (Wildman–Crippen MR) is 88.6 cm³/mol. The summed E-state index contributed by atoms with van der Waals surface area (Å²) < 4.78 is 6.06. The number of ether oxygens (including phenoxy) is 1. The average Bonchev–Trinajstić information content (AvgIpc) is 2.87. The van der Waals surface area contributed by atoms with Crippen LogP contribution in [0.25, 0.3) is 11.1 Å². The molecule has 22 heavy (non-hydrogen) atoms. The van der Waals surface area contributed by atoms with Crippen LogP contribution in [0.3, 0.4) is 0 Å². The number of benzene rings is 1. The van der Waals surface area contributed by atoms with E-state index in [1.165, 1.54) is 0 Å². The summed E-state index contributed by atoms with van der Waals surface area (Å²) in [6, 6.07) is 9.77. The van der Waals surface area contributed by atoms with Crippen molar-refractivity contribution in [2.45, 2.75) is 26.7 Å². The highest BCUT2D eigenvalue weighted by molar-refractivity contribution is 9.10. The standard InChI is InChI=1S/C17H17BrN2O2/c1-3-5-14-13(10-19)15(11-6-8-12(18)9-7-11)16(20-14)17(21)22-4-2/h6-9,20H,3-5H2,1-2H3. The summed E-state index contributed by atoms with van der Waals surface area (Å²) in [6.45, 7) is 4.09. The van der Waals surface area contributed by atoms with E-state index in [1.807, 2.05) is 31.2 Å². The fraction of sp³-hybridized carbons (Fsp3) is 0.294. The average molecular weight is 361 g/mol. The maximum atomic E-state index is 12.2. The minimum absolute atomic E-state index is 0.294. The molecule has 4 nitrogen and oxygen atoms in total. The minimum atomic E-state index is -0.431. The summed E-state index contributed by atoms with van der Waals surface area (Å²) in [5, 5.41) is 9.54. The van der Waals surface area contributed by atoms with Gasteiger partial charge in [-0.25, -0.2) is 4.79 Å². The van der Waals surface area contributed by atoms with Crippen molar-refractivity contribution in [3.05, 3.63) is 45.7 Å². The maximum Gasteiger partial charge on any atom is 0.355 e. The monoisotopic (exact) mass is 360 g/mol. The third-order valence-electron chi connectivity index (χ3n) is 3.30. The van der Waals surface area contributed by atoms with Crippen LogP contribution in [0, 0.1) is 11.3 Å².